The molecule has 0 aliphatic heterocycles. The second-order valence-corrected chi connectivity index (χ2v) is 5.43. The van der Waals surface area contributed by atoms with Crippen LogP contribution in [0.15, 0.2) is 34.8 Å². The van der Waals surface area contributed by atoms with Crippen LogP contribution in [-0.2, 0) is 4.74 Å². The molecule has 0 radical (unpaired) electrons. The Hall–Kier alpha value is -0.840. The number of benzene rings is 1. The third-order valence-corrected chi connectivity index (χ3v) is 3.34. The summed E-state index contributed by atoms with van der Waals surface area (Å²) < 4.78 is 11.6. The van der Waals surface area contributed by atoms with Crippen molar-refractivity contribution in [1.82, 2.24) is 5.32 Å². The van der Waals surface area contributed by atoms with Crippen molar-refractivity contribution in [3.05, 3.63) is 40.4 Å². The lowest BCUT2D eigenvalue weighted by molar-refractivity contribution is 0.156. The fourth-order valence-corrected chi connectivity index (χ4v) is 2.22. The minimum atomic E-state index is 0.274. The van der Waals surface area contributed by atoms with Gasteiger partial charge in [-0.15, -0.1) is 0 Å². The van der Waals surface area contributed by atoms with Crippen molar-refractivity contribution >= 4 is 15.9 Å². The maximum Gasteiger partial charge on any atom is 0.133 e. The van der Waals surface area contributed by atoms with Crippen molar-refractivity contribution in [3.63, 3.8) is 0 Å². The van der Waals surface area contributed by atoms with Crippen molar-refractivity contribution in [2.75, 3.05) is 26.9 Å². The summed E-state index contributed by atoms with van der Waals surface area (Å²) in [6.07, 6.45) is 0. The molecule has 0 spiro atoms. The Morgan fingerprint density at radius 3 is 2.79 bits per heavy atom. The molecule has 1 N–H and O–H groups in total. The van der Waals surface area contributed by atoms with E-state index in [1.165, 1.54) is 5.56 Å². The van der Waals surface area contributed by atoms with E-state index in [4.69, 9.17) is 9.47 Å². The lowest BCUT2D eigenvalue weighted by Gasteiger charge is -2.15. The molecule has 0 bridgehead atoms. The van der Waals surface area contributed by atoms with Gasteiger partial charge in [-0.3, -0.25) is 0 Å². The molecule has 0 saturated heterocycles. The molecular weight excluding hydrogens is 306 g/mol. The number of nitrogens with one attached hydrogen (secondary N) is 1. The second kappa shape index (κ2) is 8.35. The molecule has 1 unspecified atom stereocenters. The summed E-state index contributed by atoms with van der Waals surface area (Å²) in [6.45, 7) is 10.0. The lowest BCUT2D eigenvalue weighted by Crippen LogP contribution is -2.23. The van der Waals surface area contributed by atoms with Crippen LogP contribution in [0.3, 0.4) is 0 Å². The van der Waals surface area contributed by atoms with Gasteiger partial charge in [0.15, 0.2) is 0 Å². The standard InChI is InChI=1S/C15H22BrNO2/c1-11(2)10-19-8-7-17-12(3)13-5-6-15(18-4)14(16)9-13/h5-6,9,12,17H,1,7-8,10H2,2-4H3. The molecule has 4 heteroatoms. The van der Waals surface area contributed by atoms with Gasteiger partial charge in [0.25, 0.3) is 0 Å². The third-order valence-electron chi connectivity index (χ3n) is 2.72. The Labute approximate surface area is 124 Å². The van der Waals surface area contributed by atoms with Crippen LogP contribution in [0.1, 0.15) is 25.5 Å². The molecule has 1 aromatic carbocycles. The molecule has 19 heavy (non-hydrogen) atoms. The van der Waals surface area contributed by atoms with E-state index in [1.54, 1.807) is 7.11 Å². The number of hydrogen-bond donors (Lipinski definition) is 1. The van der Waals surface area contributed by atoms with E-state index >= 15 is 0 Å². The molecule has 0 fully saturated rings. The summed E-state index contributed by atoms with van der Waals surface area (Å²) in [5, 5.41) is 3.42. The van der Waals surface area contributed by atoms with Gasteiger partial charge in [-0.25, -0.2) is 0 Å². The van der Waals surface area contributed by atoms with Gasteiger partial charge in [-0.2, -0.15) is 0 Å². The van der Waals surface area contributed by atoms with Gasteiger partial charge in [-0.05, 0) is 47.5 Å². The van der Waals surface area contributed by atoms with Crippen molar-refractivity contribution in [2.24, 2.45) is 0 Å². The summed E-state index contributed by atoms with van der Waals surface area (Å²) >= 11 is 3.50. The smallest absolute Gasteiger partial charge is 0.133 e. The molecule has 1 rings (SSSR count). The molecule has 0 saturated carbocycles. The Kier molecular flexibility index (Phi) is 7.13. The van der Waals surface area contributed by atoms with E-state index in [0.717, 1.165) is 22.3 Å². The van der Waals surface area contributed by atoms with E-state index in [1.807, 2.05) is 13.0 Å². The summed E-state index contributed by atoms with van der Waals surface area (Å²) in [7, 11) is 1.67. The molecule has 0 aliphatic rings. The predicted molar refractivity (Wildman–Crippen MR) is 82.7 cm³/mol. The highest BCUT2D eigenvalue weighted by molar-refractivity contribution is 9.10. The molecule has 0 aliphatic carbocycles. The van der Waals surface area contributed by atoms with Crippen LogP contribution in [0.4, 0.5) is 0 Å². The van der Waals surface area contributed by atoms with Gasteiger partial charge in [0, 0.05) is 12.6 Å². The first kappa shape index (κ1) is 16.2. The molecule has 0 heterocycles. The maximum absolute atomic E-state index is 5.45. The van der Waals surface area contributed by atoms with Crippen LogP contribution >= 0.6 is 15.9 Å². The number of methoxy groups -OCH3 is 1. The molecule has 106 valence electrons. The second-order valence-electron chi connectivity index (χ2n) is 4.58. The zero-order valence-electron chi connectivity index (χ0n) is 11.8. The van der Waals surface area contributed by atoms with Crippen LogP contribution < -0.4 is 10.1 Å². The number of rotatable bonds is 8. The quantitative estimate of drug-likeness (QED) is 0.583. The van der Waals surface area contributed by atoms with Gasteiger partial charge in [-0.1, -0.05) is 18.2 Å². The SMILES string of the molecule is C=C(C)COCCNC(C)c1ccc(OC)c(Br)c1. The Balaban J connectivity index is 2.39. The maximum atomic E-state index is 5.45. The highest BCUT2D eigenvalue weighted by Crippen LogP contribution is 2.27. The van der Waals surface area contributed by atoms with Crippen LogP contribution in [0.5, 0.6) is 5.75 Å². The van der Waals surface area contributed by atoms with Gasteiger partial charge < -0.3 is 14.8 Å². The lowest BCUT2D eigenvalue weighted by atomic mass is 10.1. The van der Waals surface area contributed by atoms with E-state index in [0.29, 0.717) is 13.2 Å². The Morgan fingerprint density at radius 2 is 2.21 bits per heavy atom. The molecule has 3 nitrogen and oxygen atoms in total. The monoisotopic (exact) mass is 327 g/mol. The molecule has 1 atom stereocenters. The van der Waals surface area contributed by atoms with Crippen molar-refractivity contribution in [2.45, 2.75) is 19.9 Å². The summed E-state index contributed by atoms with van der Waals surface area (Å²) in [5.74, 6) is 0.848. The normalized spacial score (nSPS) is 12.2. The minimum Gasteiger partial charge on any atom is -0.496 e. The zero-order valence-corrected chi connectivity index (χ0v) is 13.4. The van der Waals surface area contributed by atoms with Crippen molar-refractivity contribution < 1.29 is 9.47 Å². The van der Waals surface area contributed by atoms with E-state index in [2.05, 4.69) is 46.9 Å². The van der Waals surface area contributed by atoms with Crippen molar-refractivity contribution in [3.8, 4) is 5.75 Å². The fraction of sp³-hybridized carbons (Fsp3) is 0.467. The van der Waals surface area contributed by atoms with Crippen LogP contribution in [0.25, 0.3) is 0 Å². The Bertz CT molecular complexity index is 421. The highest BCUT2D eigenvalue weighted by atomic mass is 79.9. The number of hydrogen-bond acceptors (Lipinski definition) is 3. The molecule has 1 aromatic rings. The molecule has 0 aromatic heterocycles. The average Bonchev–Trinajstić information content (AvgIpc) is 2.37. The zero-order chi connectivity index (χ0) is 14.3. The first-order valence-electron chi connectivity index (χ1n) is 6.33. The van der Waals surface area contributed by atoms with Gasteiger partial charge in [0.2, 0.25) is 0 Å². The first-order valence-corrected chi connectivity index (χ1v) is 7.13. The van der Waals surface area contributed by atoms with E-state index in [9.17, 15) is 0 Å². The van der Waals surface area contributed by atoms with Crippen LogP contribution in [0.2, 0.25) is 0 Å². The largest absolute Gasteiger partial charge is 0.496 e. The van der Waals surface area contributed by atoms with Crippen LogP contribution in [0, 0.1) is 0 Å². The Morgan fingerprint density at radius 1 is 1.47 bits per heavy atom. The highest BCUT2D eigenvalue weighted by Gasteiger charge is 2.07. The summed E-state index contributed by atoms with van der Waals surface area (Å²) in [5.41, 5.74) is 2.26. The summed E-state index contributed by atoms with van der Waals surface area (Å²) in [6, 6.07) is 6.38. The fourth-order valence-electron chi connectivity index (χ4n) is 1.66. The first-order chi connectivity index (χ1) is 9.04. The van der Waals surface area contributed by atoms with E-state index in [-0.39, 0.29) is 6.04 Å². The molecule has 0 amide bonds. The predicted octanol–water partition coefficient (Wildman–Crippen LogP) is 3.70. The average molecular weight is 328 g/mol. The number of ether oxygens (including phenoxy) is 2. The molecular formula is C15H22BrNO2. The van der Waals surface area contributed by atoms with Crippen LogP contribution in [-0.4, -0.2) is 26.9 Å². The third kappa shape index (κ3) is 5.76. The number of halogens is 1. The van der Waals surface area contributed by atoms with Gasteiger partial charge in [0.1, 0.15) is 5.75 Å². The topological polar surface area (TPSA) is 30.5 Å². The van der Waals surface area contributed by atoms with Gasteiger partial charge in [0.05, 0.1) is 24.8 Å². The van der Waals surface area contributed by atoms with E-state index < -0.39 is 0 Å². The van der Waals surface area contributed by atoms with Crippen molar-refractivity contribution in [1.29, 1.82) is 0 Å². The van der Waals surface area contributed by atoms with Gasteiger partial charge >= 0.3 is 0 Å². The summed E-state index contributed by atoms with van der Waals surface area (Å²) in [4.78, 5) is 0. The minimum absolute atomic E-state index is 0.274.